The van der Waals surface area contributed by atoms with Gasteiger partial charge in [0.25, 0.3) is 0 Å². The number of amides is 1. The van der Waals surface area contributed by atoms with Gasteiger partial charge in [-0.1, -0.05) is 18.5 Å². The summed E-state index contributed by atoms with van der Waals surface area (Å²) in [6.07, 6.45) is 2.13. The zero-order valence-corrected chi connectivity index (χ0v) is 12.7. The van der Waals surface area contributed by atoms with Crippen molar-refractivity contribution in [3.05, 3.63) is 17.0 Å². The second-order valence-corrected chi connectivity index (χ2v) is 6.06. The van der Waals surface area contributed by atoms with E-state index in [-0.39, 0.29) is 18.2 Å². The van der Waals surface area contributed by atoms with E-state index in [0.29, 0.717) is 19.4 Å². The Morgan fingerprint density at radius 2 is 2.10 bits per heavy atom. The zero-order chi connectivity index (χ0) is 15.6. The second kappa shape index (κ2) is 5.87. The molecule has 0 bridgehead atoms. The average molecular weight is 294 g/mol. The van der Waals surface area contributed by atoms with Gasteiger partial charge in [-0.05, 0) is 26.7 Å². The van der Waals surface area contributed by atoms with Crippen LogP contribution in [0.3, 0.4) is 0 Å². The standard InChI is InChI=1S/C15H22N2O4/c1-9(13-10(2)17-21-11(13)3)8-16-12(18)7-15(14(19)20)5-4-6-15/h9H,4-8H2,1-3H3,(H,16,18)(H,19,20). The number of nitrogens with zero attached hydrogens (tertiary/aromatic N) is 1. The normalized spacial score (nSPS) is 17.9. The summed E-state index contributed by atoms with van der Waals surface area (Å²) in [6.45, 7) is 6.17. The molecule has 1 heterocycles. The van der Waals surface area contributed by atoms with Gasteiger partial charge in [-0.25, -0.2) is 0 Å². The Labute approximate surface area is 123 Å². The molecule has 1 aromatic heterocycles. The molecule has 0 aliphatic heterocycles. The quantitative estimate of drug-likeness (QED) is 0.838. The number of aromatic nitrogens is 1. The summed E-state index contributed by atoms with van der Waals surface area (Å²) in [7, 11) is 0. The number of aliphatic carboxylic acids is 1. The van der Waals surface area contributed by atoms with Crippen molar-refractivity contribution in [3.8, 4) is 0 Å². The summed E-state index contributed by atoms with van der Waals surface area (Å²) in [5, 5.41) is 16.0. The number of carboxylic acid groups (broad SMARTS) is 1. The molecule has 2 rings (SSSR count). The summed E-state index contributed by atoms with van der Waals surface area (Å²) < 4.78 is 5.12. The van der Waals surface area contributed by atoms with Crippen LogP contribution >= 0.6 is 0 Å². The van der Waals surface area contributed by atoms with Gasteiger partial charge in [0.05, 0.1) is 11.1 Å². The van der Waals surface area contributed by atoms with Crippen molar-refractivity contribution < 1.29 is 19.2 Å². The molecule has 1 aliphatic carbocycles. The summed E-state index contributed by atoms with van der Waals surface area (Å²) >= 11 is 0. The minimum absolute atomic E-state index is 0.0661. The minimum atomic E-state index is -0.859. The summed E-state index contributed by atoms with van der Waals surface area (Å²) in [6, 6.07) is 0. The van der Waals surface area contributed by atoms with Crippen LogP contribution in [-0.2, 0) is 9.59 Å². The van der Waals surface area contributed by atoms with Gasteiger partial charge in [-0.15, -0.1) is 0 Å². The first-order valence-corrected chi connectivity index (χ1v) is 7.28. The van der Waals surface area contributed by atoms with Crippen molar-refractivity contribution in [2.75, 3.05) is 6.54 Å². The number of carboxylic acids is 1. The lowest BCUT2D eigenvalue weighted by Gasteiger charge is -2.37. The van der Waals surface area contributed by atoms with Gasteiger partial charge in [0.2, 0.25) is 5.91 Å². The van der Waals surface area contributed by atoms with Crippen molar-refractivity contribution in [2.45, 2.75) is 52.4 Å². The molecule has 1 saturated carbocycles. The molecule has 0 radical (unpaired) electrons. The Balaban J connectivity index is 1.88. The summed E-state index contributed by atoms with van der Waals surface area (Å²) in [5.74, 6) is -0.212. The first kappa shape index (κ1) is 15.5. The number of hydrogen-bond acceptors (Lipinski definition) is 4. The first-order valence-electron chi connectivity index (χ1n) is 7.28. The Kier molecular flexibility index (Phi) is 4.34. The van der Waals surface area contributed by atoms with Crippen molar-refractivity contribution >= 4 is 11.9 Å². The van der Waals surface area contributed by atoms with E-state index >= 15 is 0 Å². The molecule has 1 unspecified atom stereocenters. The van der Waals surface area contributed by atoms with E-state index < -0.39 is 11.4 Å². The molecule has 0 aromatic carbocycles. The van der Waals surface area contributed by atoms with Gasteiger partial charge in [0.15, 0.2) is 0 Å². The van der Waals surface area contributed by atoms with Gasteiger partial charge >= 0.3 is 5.97 Å². The fourth-order valence-electron chi connectivity index (χ4n) is 3.00. The molecular weight excluding hydrogens is 272 g/mol. The van der Waals surface area contributed by atoms with E-state index in [1.807, 2.05) is 20.8 Å². The molecule has 6 heteroatoms. The highest BCUT2D eigenvalue weighted by molar-refractivity contribution is 5.85. The van der Waals surface area contributed by atoms with Crippen LogP contribution in [0.5, 0.6) is 0 Å². The van der Waals surface area contributed by atoms with Crippen LogP contribution in [0.4, 0.5) is 0 Å². The number of carbonyl (C=O) groups excluding carboxylic acids is 1. The third-order valence-electron chi connectivity index (χ3n) is 4.45. The van der Waals surface area contributed by atoms with Gasteiger partial charge in [-0.3, -0.25) is 9.59 Å². The number of carbonyl (C=O) groups is 2. The van der Waals surface area contributed by atoms with E-state index in [4.69, 9.17) is 4.52 Å². The number of hydrogen-bond donors (Lipinski definition) is 2. The molecule has 1 aromatic rings. The predicted octanol–water partition coefficient (Wildman–Crippen LogP) is 2.16. The van der Waals surface area contributed by atoms with Gasteiger partial charge in [0, 0.05) is 24.4 Å². The van der Waals surface area contributed by atoms with E-state index in [2.05, 4.69) is 10.5 Å². The Bertz CT molecular complexity index is 526. The van der Waals surface area contributed by atoms with Crippen LogP contribution in [-0.4, -0.2) is 28.7 Å². The lowest BCUT2D eigenvalue weighted by Crippen LogP contribution is -2.43. The molecule has 21 heavy (non-hydrogen) atoms. The molecule has 1 fully saturated rings. The van der Waals surface area contributed by atoms with Crippen LogP contribution in [0.25, 0.3) is 0 Å². The van der Waals surface area contributed by atoms with Crippen molar-refractivity contribution in [1.29, 1.82) is 0 Å². The van der Waals surface area contributed by atoms with Crippen LogP contribution in [0.1, 0.15) is 55.5 Å². The Hall–Kier alpha value is -1.85. The molecular formula is C15H22N2O4. The van der Waals surface area contributed by atoms with Crippen LogP contribution < -0.4 is 5.32 Å². The molecule has 1 amide bonds. The van der Waals surface area contributed by atoms with Crippen molar-refractivity contribution in [1.82, 2.24) is 10.5 Å². The topological polar surface area (TPSA) is 92.4 Å². The van der Waals surface area contributed by atoms with Crippen LogP contribution in [0.2, 0.25) is 0 Å². The SMILES string of the molecule is Cc1noc(C)c1C(C)CNC(=O)CC1(C(=O)O)CCC1. The summed E-state index contributed by atoms with van der Waals surface area (Å²) in [4.78, 5) is 23.2. The zero-order valence-electron chi connectivity index (χ0n) is 12.7. The minimum Gasteiger partial charge on any atom is -0.481 e. The Morgan fingerprint density at radius 1 is 1.43 bits per heavy atom. The molecule has 1 aliphatic rings. The molecule has 6 nitrogen and oxygen atoms in total. The van der Waals surface area contributed by atoms with Crippen LogP contribution in [0.15, 0.2) is 4.52 Å². The maximum absolute atomic E-state index is 12.0. The third kappa shape index (κ3) is 3.09. The van der Waals surface area contributed by atoms with Gasteiger partial charge in [-0.2, -0.15) is 0 Å². The first-order chi connectivity index (χ1) is 9.85. The highest BCUT2D eigenvalue weighted by Gasteiger charge is 2.45. The third-order valence-corrected chi connectivity index (χ3v) is 4.45. The predicted molar refractivity (Wildman–Crippen MR) is 75.9 cm³/mol. The Morgan fingerprint density at radius 3 is 2.52 bits per heavy atom. The largest absolute Gasteiger partial charge is 0.481 e. The number of rotatable bonds is 6. The molecule has 116 valence electrons. The van der Waals surface area contributed by atoms with Crippen molar-refractivity contribution in [3.63, 3.8) is 0 Å². The van der Waals surface area contributed by atoms with Crippen LogP contribution in [0, 0.1) is 19.3 Å². The molecule has 0 saturated heterocycles. The maximum atomic E-state index is 12.0. The van der Waals surface area contributed by atoms with E-state index in [1.165, 1.54) is 0 Å². The van der Waals surface area contributed by atoms with Crippen molar-refractivity contribution in [2.24, 2.45) is 5.41 Å². The summed E-state index contributed by atoms with van der Waals surface area (Å²) in [5.41, 5.74) is 0.998. The number of aryl methyl sites for hydroxylation is 2. The molecule has 0 spiro atoms. The van der Waals surface area contributed by atoms with Gasteiger partial charge < -0.3 is 14.9 Å². The molecule has 1 atom stereocenters. The van der Waals surface area contributed by atoms with Gasteiger partial charge in [0.1, 0.15) is 5.76 Å². The number of nitrogens with one attached hydrogen (secondary N) is 1. The fraction of sp³-hybridized carbons (Fsp3) is 0.667. The molecule has 2 N–H and O–H groups in total. The highest BCUT2D eigenvalue weighted by Crippen LogP contribution is 2.44. The average Bonchev–Trinajstić information content (AvgIpc) is 2.70. The van der Waals surface area contributed by atoms with E-state index in [1.54, 1.807) is 0 Å². The second-order valence-electron chi connectivity index (χ2n) is 6.06. The lowest BCUT2D eigenvalue weighted by molar-refractivity contribution is -0.157. The fourth-order valence-corrected chi connectivity index (χ4v) is 3.00. The monoisotopic (exact) mass is 294 g/mol. The van der Waals surface area contributed by atoms with E-state index in [0.717, 1.165) is 23.4 Å². The maximum Gasteiger partial charge on any atom is 0.310 e. The lowest BCUT2D eigenvalue weighted by atomic mass is 9.66. The highest BCUT2D eigenvalue weighted by atomic mass is 16.5. The smallest absolute Gasteiger partial charge is 0.310 e. The van der Waals surface area contributed by atoms with E-state index in [9.17, 15) is 14.7 Å².